The molecular formula is C19H21N9O. The molecule has 2 N–H and O–H groups in total. The second-order valence-electron chi connectivity index (χ2n) is 7.63. The number of H-pyrrole nitrogens is 1. The number of aromatic nitrogens is 5. The maximum Gasteiger partial charge on any atom is 0.245 e. The first kappa shape index (κ1) is 17.5. The molecule has 10 heteroatoms. The molecule has 5 rings (SSSR count). The van der Waals surface area contributed by atoms with Crippen LogP contribution in [0.1, 0.15) is 18.5 Å². The molecule has 0 spiro atoms. The number of carbonyl (C=O) groups is 1. The third kappa shape index (κ3) is 3.04. The Hall–Kier alpha value is -3.61. The number of rotatable bonds is 4. The number of nitrogens with one attached hydrogen (secondary N) is 2. The van der Waals surface area contributed by atoms with Crippen LogP contribution in [0.3, 0.4) is 0 Å². The van der Waals surface area contributed by atoms with E-state index in [2.05, 4.69) is 31.6 Å². The van der Waals surface area contributed by atoms with Crippen LogP contribution in [-0.2, 0) is 4.79 Å². The van der Waals surface area contributed by atoms with E-state index in [1.807, 2.05) is 31.3 Å². The van der Waals surface area contributed by atoms with Crippen molar-refractivity contribution >= 4 is 29.0 Å². The summed E-state index contributed by atoms with van der Waals surface area (Å²) in [5.74, 6) is 1.93. The number of nitriles is 1. The average Bonchev–Trinajstić information content (AvgIpc) is 3.21. The second-order valence-corrected chi connectivity index (χ2v) is 7.63. The van der Waals surface area contributed by atoms with Gasteiger partial charge in [-0.05, 0) is 31.9 Å². The van der Waals surface area contributed by atoms with Gasteiger partial charge in [0.05, 0.1) is 6.07 Å². The van der Waals surface area contributed by atoms with E-state index < -0.39 is 5.41 Å². The number of carbonyl (C=O) groups excluding carboxylic acids is 1. The molecule has 0 unspecified atom stereocenters. The van der Waals surface area contributed by atoms with Crippen molar-refractivity contribution in [2.75, 3.05) is 36.4 Å². The Bertz CT molecular complexity index is 1110. The van der Waals surface area contributed by atoms with Crippen molar-refractivity contribution in [1.82, 2.24) is 29.7 Å². The van der Waals surface area contributed by atoms with E-state index in [-0.39, 0.29) is 5.91 Å². The molecule has 3 aromatic rings. The molecule has 1 aliphatic heterocycles. The molecule has 148 valence electrons. The van der Waals surface area contributed by atoms with Crippen molar-refractivity contribution in [2.45, 2.75) is 19.8 Å². The summed E-state index contributed by atoms with van der Waals surface area (Å²) in [6, 6.07) is 7.97. The number of hydrogen-bond acceptors (Lipinski definition) is 7. The smallest absolute Gasteiger partial charge is 0.245 e. The summed E-state index contributed by atoms with van der Waals surface area (Å²) in [7, 11) is 0. The number of aryl methyl sites for hydroxylation is 1. The summed E-state index contributed by atoms with van der Waals surface area (Å²) in [5, 5.41) is 24.3. The summed E-state index contributed by atoms with van der Waals surface area (Å²) in [6.07, 6.45) is 3.24. The van der Waals surface area contributed by atoms with Crippen LogP contribution >= 0.6 is 0 Å². The zero-order valence-electron chi connectivity index (χ0n) is 16.1. The van der Waals surface area contributed by atoms with Crippen molar-refractivity contribution in [3.05, 3.63) is 30.1 Å². The fraction of sp³-hybridized carbons (Fsp3) is 0.421. The molecule has 2 fully saturated rings. The zero-order valence-corrected chi connectivity index (χ0v) is 16.1. The van der Waals surface area contributed by atoms with Crippen molar-refractivity contribution < 1.29 is 4.79 Å². The van der Waals surface area contributed by atoms with Gasteiger partial charge >= 0.3 is 0 Å². The summed E-state index contributed by atoms with van der Waals surface area (Å²) in [6.45, 7) is 4.32. The van der Waals surface area contributed by atoms with Gasteiger partial charge in [-0.1, -0.05) is 0 Å². The first-order chi connectivity index (χ1) is 14.1. The minimum Gasteiger partial charge on any atom is -0.338 e. The topological polar surface area (TPSA) is 118 Å². The standard InChI is InChI=1S/C19H21N9O/c1-13-11-15(24-23-13)21-16-14-3-2-6-28(14)25-18(22-16)27-9-7-26(8-10-27)17(29)19(12-20)4-5-19/h2-3,6,11H,4-5,7-10H2,1H3,(H2,21,22,23,24,25). The number of anilines is 3. The van der Waals surface area contributed by atoms with Gasteiger partial charge in [0, 0.05) is 44.1 Å². The van der Waals surface area contributed by atoms with Gasteiger partial charge in [-0.25, -0.2) is 4.52 Å². The van der Waals surface area contributed by atoms with Gasteiger partial charge in [0.1, 0.15) is 10.9 Å². The van der Waals surface area contributed by atoms with Crippen molar-refractivity contribution in [1.29, 1.82) is 5.26 Å². The van der Waals surface area contributed by atoms with E-state index in [9.17, 15) is 10.1 Å². The van der Waals surface area contributed by atoms with Crippen LogP contribution in [0.15, 0.2) is 24.4 Å². The van der Waals surface area contributed by atoms with E-state index in [0.717, 1.165) is 11.2 Å². The van der Waals surface area contributed by atoms with Crippen LogP contribution in [0.4, 0.5) is 17.6 Å². The number of piperazine rings is 1. The third-order valence-electron chi connectivity index (χ3n) is 5.56. The molecule has 2 aliphatic rings. The van der Waals surface area contributed by atoms with Gasteiger partial charge in [0.15, 0.2) is 11.6 Å². The Balaban J connectivity index is 1.36. The molecule has 29 heavy (non-hydrogen) atoms. The number of nitrogens with zero attached hydrogens (tertiary/aromatic N) is 7. The molecule has 3 aromatic heterocycles. The lowest BCUT2D eigenvalue weighted by Crippen LogP contribution is -2.51. The highest BCUT2D eigenvalue weighted by Gasteiger charge is 2.52. The van der Waals surface area contributed by atoms with Crippen LogP contribution < -0.4 is 10.2 Å². The molecule has 1 amide bonds. The molecule has 0 aromatic carbocycles. The summed E-state index contributed by atoms with van der Waals surface area (Å²) >= 11 is 0. The average molecular weight is 391 g/mol. The number of hydrogen-bond donors (Lipinski definition) is 2. The molecule has 1 saturated heterocycles. The maximum absolute atomic E-state index is 12.6. The van der Waals surface area contributed by atoms with E-state index in [0.29, 0.717) is 56.6 Å². The SMILES string of the molecule is Cc1cc(Nc2nc(N3CCN(C(=O)C4(C#N)CC4)CC3)nn3cccc23)n[nH]1. The summed E-state index contributed by atoms with van der Waals surface area (Å²) in [5.41, 5.74) is 1.05. The van der Waals surface area contributed by atoms with Crippen LogP contribution in [0, 0.1) is 23.7 Å². The second kappa shape index (κ2) is 6.48. The summed E-state index contributed by atoms with van der Waals surface area (Å²) < 4.78 is 1.79. The van der Waals surface area contributed by atoms with Gasteiger partial charge in [-0.3, -0.25) is 9.89 Å². The first-order valence-corrected chi connectivity index (χ1v) is 9.68. The van der Waals surface area contributed by atoms with Gasteiger partial charge in [0.2, 0.25) is 11.9 Å². The van der Waals surface area contributed by atoms with Crippen LogP contribution in [0.2, 0.25) is 0 Å². The highest BCUT2D eigenvalue weighted by atomic mass is 16.2. The molecule has 0 atom stereocenters. The predicted molar refractivity (Wildman–Crippen MR) is 106 cm³/mol. The van der Waals surface area contributed by atoms with Crippen LogP contribution in [0.25, 0.3) is 5.52 Å². The van der Waals surface area contributed by atoms with E-state index in [4.69, 9.17) is 4.98 Å². The molecule has 1 aliphatic carbocycles. The normalized spacial score (nSPS) is 17.9. The number of amides is 1. The largest absolute Gasteiger partial charge is 0.338 e. The van der Waals surface area contributed by atoms with Crippen LogP contribution in [0.5, 0.6) is 0 Å². The Labute approximate surface area is 167 Å². The van der Waals surface area contributed by atoms with Gasteiger partial charge in [0.25, 0.3) is 0 Å². The van der Waals surface area contributed by atoms with Gasteiger partial charge in [-0.2, -0.15) is 15.3 Å². The van der Waals surface area contributed by atoms with Gasteiger partial charge in [-0.15, -0.1) is 5.10 Å². The monoisotopic (exact) mass is 391 g/mol. The maximum atomic E-state index is 12.6. The first-order valence-electron chi connectivity index (χ1n) is 9.68. The number of aromatic amines is 1. The third-order valence-corrected chi connectivity index (χ3v) is 5.56. The molecule has 0 bridgehead atoms. The molecular weight excluding hydrogens is 370 g/mol. The fourth-order valence-electron chi connectivity index (χ4n) is 3.66. The number of fused-ring (bicyclic) bond motifs is 1. The Morgan fingerprint density at radius 3 is 2.76 bits per heavy atom. The Morgan fingerprint density at radius 1 is 1.31 bits per heavy atom. The molecule has 1 saturated carbocycles. The lowest BCUT2D eigenvalue weighted by molar-refractivity contribution is -0.135. The fourth-order valence-corrected chi connectivity index (χ4v) is 3.66. The molecule has 0 radical (unpaired) electrons. The lowest BCUT2D eigenvalue weighted by Gasteiger charge is -2.35. The Kier molecular flexibility index (Phi) is 3.91. The zero-order chi connectivity index (χ0) is 20.0. The van der Waals surface area contributed by atoms with E-state index >= 15 is 0 Å². The van der Waals surface area contributed by atoms with E-state index in [1.165, 1.54) is 0 Å². The lowest BCUT2D eigenvalue weighted by atomic mass is 10.1. The van der Waals surface area contributed by atoms with Crippen LogP contribution in [-0.4, -0.2) is 61.8 Å². The van der Waals surface area contributed by atoms with Gasteiger partial charge < -0.3 is 15.1 Å². The Morgan fingerprint density at radius 2 is 2.10 bits per heavy atom. The highest BCUT2D eigenvalue weighted by Crippen LogP contribution is 2.46. The minimum absolute atomic E-state index is 0.0299. The minimum atomic E-state index is -0.762. The van der Waals surface area contributed by atoms with E-state index in [1.54, 1.807) is 9.42 Å². The predicted octanol–water partition coefficient (Wildman–Crippen LogP) is 1.46. The van der Waals surface area contributed by atoms with Crippen molar-refractivity contribution in [3.63, 3.8) is 0 Å². The summed E-state index contributed by atoms with van der Waals surface area (Å²) in [4.78, 5) is 21.2. The highest BCUT2D eigenvalue weighted by molar-refractivity contribution is 5.88. The van der Waals surface area contributed by atoms with Crippen molar-refractivity contribution in [2.24, 2.45) is 5.41 Å². The van der Waals surface area contributed by atoms with Crippen molar-refractivity contribution in [3.8, 4) is 6.07 Å². The molecule has 10 nitrogen and oxygen atoms in total. The molecule has 4 heterocycles. The quantitative estimate of drug-likeness (QED) is 0.691.